The molecule has 5 heteroatoms. The van der Waals surface area contributed by atoms with Gasteiger partial charge in [-0.05, 0) is 47.9 Å². The molecule has 0 atom stereocenters. The Hall–Kier alpha value is -3.34. The van der Waals surface area contributed by atoms with E-state index >= 15 is 0 Å². The maximum absolute atomic E-state index is 11.7. The number of nitrogens with one attached hydrogen (secondary N) is 2. The SMILES string of the molecule is C=CC(=O)Nc1cccc(-c2ccc(C(N)=O)c3[nH]c(CC)cc23)c1. The highest BCUT2D eigenvalue weighted by Crippen LogP contribution is 2.32. The summed E-state index contributed by atoms with van der Waals surface area (Å²) in [7, 11) is 0. The van der Waals surface area contributed by atoms with Gasteiger partial charge in [-0.1, -0.05) is 31.7 Å². The van der Waals surface area contributed by atoms with E-state index in [1.165, 1.54) is 6.08 Å². The molecular formula is C20H19N3O2. The number of aromatic amines is 1. The van der Waals surface area contributed by atoms with Gasteiger partial charge < -0.3 is 16.0 Å². The Bertz CT molecular complexity index is 986. The van der Waals surface area contributed by atoms with Crippen molar-refractivity contribution in [1.82, 2.24) is 4.98 Å². The lowest BCUT2D eigenvalue weighted by Crippen LogP contribution is -2.11. The highest BCUT2D eigenvalue weighted by Gasteiger charge is 2.14. The zero-order valence-corrected chi connectivity index (χ0v) is 13.9. The van der Waals surface area contributed by atoms with Crippen LogP contribution in [0.5, 0.6) is 0 Å². The minimum Gasteiger partial charge on any atom is -0.366 e. The van der Waals surface area contributed by atoms with Crippen LogP contribution in [0.25, 0.3) is 22.0 Å². The van der Waals surface area contributed by atoms with E-state index in [1.54, 1.807) is 6.07 Å². The summed E-state index contributed by atoms with van der Waals surface area (Å²) in [4.78, 5) is 26.5. The van der Waals surface area contributed by atoms with Gasteiger partial charge in [-0.25, -0.2) is 0 Å². The molecular weight excluding hydrogens is 314 g/mol. The number of anilines is 1. The number of amides is 2. The topological polar surface area (TPSA) is 88.0 Å². The van der Waals surface area contributed by atoms with Crippen LogP contribution in [0.1, 0.15) is 23.0 Å². The molecule has 0 bridgehead atoms. The number of carbonyl (C=O) groups is 2. The predicted octanol–water partition coefficient (Wildman–Crippen LogP) is 3.62. The normalized spacial score (nSPS) is 10.6. The fourth-order valence-electron chi connectivity index (χ4n) is 2.88. The fraction of sp³-hybridized carbons (Fsp3) is 0.100. The summed E-state index contributed by atoms with van der Waals surface area (Å²) < 4.78 is 0. The monoisotopic (exact) mass is 333 g/mol. The van der Waals surface area contributed by atoms with E-state index in [9.17, 15) is 9.59 Å². The quantitative estimate of drug-likeness (QED) is 0.623. The zero-order valence-electron chi connectivity index (χ0n) is 13.9. The van der Waals surface area contributed by atoms with Gasteiger partial charge in [0.1, 0.15) is 0 Å². The van der Waals surface area contributed by atoms with Crippen molar-refractivity contribution in [3.05, 3.63) is 66.4 Å². The van der Waals surface area contributed by atoms with Crippen LogP contribution in [0.4, 0.5) is 5.69 Å². The van der Waals surface area contributed by atoms with Crippen molar-refractivity contribution in [3.63, 3.8) is 0 Å². The zero-order chi connectivity index (χ0) is 18.0. The Morgan fingerprint density at radius 1 is 1.24 bits per heavy atom. The van der Waals surface area contributed by atoms with Gasteiger partial charge in [-0.2, -0.15) is 0 Å². The maximum atomic E-state index is 11.7. The lowest BCUT2D eigenvalue weighted by atomic mass is 9.98. The molecule has 4 N–H and O–H groups in total. The summed E-state index contributed by atoms with van der Waals surface area (Å²) in [5.74, 6) is -0.727. The van der Waals surface area contributed by atoms with Crippen molar-refractivity contribution in [2.45, 2.75) is 13.3 Å². The van der Waals surface area contributed by atoms with Crippen LogP contribution in [0.15, 0.2) is 55.1 Å². The van der Waals surface area contributed by atoms with E-state index in [-0.39, 0.29) is 5.91 Å². The van der Waals surface area contributed by atoms with E-state index < -0.39 is 5.91 Å². The van der Waals surface area contributed by atoms with Gasteiger partial charge in [0.25, 0.3) is 5.91 Å². The molecule has 0 unspecified atom stereocenters. The van der Waals surface area contributed by atoms with E-state index in [2.05, 4.69) is 16.9 Å². The van der Waals surface area contributed by atoms with Gasteiger partial charge in [0.2, 0.25) is 5.91 Å². The highest BCUT2D eigenvalue weighted by molar-refractivity contribution is 6.09. The number of nitrogens with two attached hydrogens (primary N) is 1. The first-order valence-corrected chi connectivity index (χ1v) is 8.01. The lowest BCUT2D eigenvalue weighted by Gasteiger charge is -2.09. The maximum Gasteiger partial charge on any atom is 0.250 e. The molecule has 0 saturated heterocycles. The molecule has 0 fully saturated rings. The van der Waals surface area contributed by atoms with Gasteiger partial charge in [0, 0.05) is 16.8 Å². The van der Waals surface area contributed by atoms with E-state index in [4.69, 9.17) is 5.73 Å². The number of aromatic nitrogens is 1. The number of fused-ring (bicyclic) bond motifs is 1. The number of rotatable bonds is 5. The Morgan fingerprint density at radius 3 is 2.72 bits per heavy atom. The summed E-state index contributed by atoms with van der Waals surface area (Å²) in [6.07, 6.45) is 2.05. The van der Waals surface area contributed by atoms with Crippen molar-refractivity contribution in [3.8, 4) is 11.1 Å². The van der Waals surface area contributed by atoms with E-state index in [0.29, 0.717) is 11.3 Å². The third-order valence-electron chi connectivity index (χ3n) is 4.12. The average molecular weight is 333 g/mol. The van der Waals surface area contributed by atoms with Crippen molar-refractivity contribution in [1.29, 1.82) is 0 Å². The summed E-state index contributed by atoms with van der Waals surface area (Å²) >= 11 is 0. The summed E-state index contributed by atoms with van der Waals surface area (Å²) in [6.45, 7) is 5.50. The standard InChI is InChI=1S/C20H19N3O2/c1-3-13-11-17-15(8-9-16(20(21)25)19(17)23-13)12-6-5-7-14(10-12)22-18(24)4-2/h4-11,23H,2-3H2,1H3,(H2,21,25)(H,22,24). The number of carbonyl (C=O) groups excluding carboxylic acids is 2. The Morgan fingerprint density at radius 2 is 2.04 bits per heavy atom. The number of benzene rings is 2. The Balaban J connectivity index is 2.16. The molecule has 3 rings (SSSR count). The Labute approximate surface area is 145 Å². The molecule has 25 heavy (non-hydrogen) atoms. The molecule has 126 valence electrons. The first-order valence-electron chi connectivity index (χ1n) is 8.01. The number of H-pyrrole nitrogens is 1. The van der Waals surface area contributed by atoms with Crippen LogP contribution < -0.4 is 11.1 Å². The van der Waals surface area contributed by atoms with Crippen molar-refractivity contribution < 1.29 is 9.59 Å². The number of hydrogen-bond donors (Lipinski definition) is 3. The molecule has 2 aromatic carbocycles. The molecule has 3 aromatic rings. The number of aryl methyl sites for hydroxylation is 1. The van der Waals surface area contributed by atoms with Gasteiger partial charge in [-0.3, -0.25) is 9.59 Å². The van der Waals surface area contributed by atoms with Gasteiger partial charge in [0.15, 0.2) is 0 Å². The molecule has 2 amide bonds. The Kier molecular flexibility index (Phi) is 4.39. The molecule has 5 nitrogen and oxygen atoms in total. The van der Waals surface area contributed by atoms with Gasteiger partial charge >= 0.3 is 0 Å². The summed E-state index contributed by atoms with van der Waals surface area (Å²) in [5, 5.41) is 3.69. The summed E-state index contributed by atoms with van der Waals surface area (Å²) in [5.41, 5.74) is 10.3. The first kappa shape index (κ1) is 16.5. The molecule has 0 spiro atoms. The van der Waals surface area contributed by atoms with Crippen LogP contribution in [0.2, 0.25) is 0 Å². The average Bonchev–Trinajstić information content (AvgIpc) is 3.05. The summed E-state index contributed by atoms with van der Waals surface area (Å²) in [6, 6.07) is 13.2. The molecule has 0 radical (unpaired) electrons. The minimum atomic E-state index is -0.465. The van der Waals surface area contributed by atoms with Crippen molar-refractivity contribution in [2.75, 3.05) is 5.32 Å². The van der Waals surface area contributed by atoms with Crippen LogP contribution in [0, 0.1) is 0 Å². The molecule has 0 aliphatic carbocycles. The highest BCUT2D eigenvalue weighted by atomic mass is 16.1. The second kappa shape index (κ2) is 6.65. The van der Waals surface area contributed by atoms with E-state index in [0.717, 1.165) is 34.1 Å². The smallest absolute Gasteiger partial charge is 0.250 e. The molecule has 1 heterocycles. The second-order valence-electron chi connectivity index (χ2n) is 5.74. The molecule has 1 aromatic heterocycles. The van der Waals surface area contributed by atoms with Crippen molar-refractivity contribution in [2.24, 2.45) is 5.73 Å². The fourth-order valence-corrected chi connectivity index (χ4v) is 2.88. The van der Waals surface area contributed by atoms with Crippen LogP contribution in [-0.4, -0.2) is 16.8 Å². The lowest BCUT2D eigenvalue weighted by molar-refractivity contribution is -0.111. The third kappa shape index (κ3) is 3.17. The molecule has 0 saturated carbocycles. The van der Waals surface area contributed by atoms with Crippen LogP contribution in [-0.2, 0) is 11.2 Å². The van der Waals surface area contributed by atoms with Crippen LogP contribution >= 0.6 is 0 Å². The number of hydrogen-bond acceptors (Lipinski definition) is 2. The minimum absolute atomic E-state index is 0.263. The number of primary amides is 1. The van der Waals surface area contributed by atoms with Crippen molar-refractivity contribution >= 4 is 28.4 Å². The predicted molar refractivity (Wildman–Crippen MR) is 100 cm³/mol. The third-order valence-corrected chi connectivity index (χ3v) is 4.12. The molecule has 0 aliphatic rings. The second-order valence-corrected chi connectivity index (χ2v) is 5.74. The van der Waals surface area contributed by atoms with E-state index in [1.807, 2.05) is 43.3 Å². The van der Waals surface area contributed by atoms with Gasteiger partial charge in [-0.15, -0.1) is 0 Å². The van der Waals surface area contributed by atoms with Gasteiger partial charge in [0.05, 0.1) is 11.1 Å². The first-order chi connectivity index (χ1) is 12.0. The largest absolute Gasteiger partial charge is 0.366 e. The molecule has 0 aliphatic heterocycles. The van der Waals surface area contributed by atoms with Crippen LogP contribution in [0.3, 0.4) is 0 Å².